The molecule has 102 valence electrons. The Kier molecular flexibility index (Phi) is 3.69. The molecule has 0 saturated heterocycles. The molecule has 1 N–H and O–H groups in total. The molecule has 2 aromatic heterocycles. The fourth-order valence-corrected chi connectivity index (χ4v) is 2.06. The lowest BCUT2D eigenvalue weighted by molar-refractivity contribution is 0.102. The summed E-state index contributed by atoms with van der Waals surface area (Å²) in [6.45, 7) is 0. The largest absolute Gasteiger partial charge is 0.320 e. The van der Waals surface area contributed by atoms with Crippen LogP contribution in [-0.4, -0.2) is 15.9 Å². The van der Waals surface area contributed by atoms with E-state index in [1.807, 2.05) is 36.4 Å². The highest BCUT2D eigenvalue weighted by Crippen LogP contribution is 2.26. The van der Waals surface area contributed by atoms with Crippen LogP contribution >= 0.6 is 0 Å². The first-order valence-corrected chi connectivity index (χ1v) is 6.55. The minimum Gasteiger partial charge on any atom is -0.320 e. The Balaban J connectivity index is 1.92. The number of hydrogen-bond donors (Lipinski definition) is 1. The Labute approximate surface area is 122 Å². The number of carbonyl (C=O) groups is 1. The van der Waals surface area contributed by atoms with Crippen molar-refractivity contribution in [2.45, 2.75) is 0 Å². The molecular weight excluding hydrogens is 262 g/mol. The average molecular weight is 275 g/mol. The van der Waals surface area contributed by atoms with Crippen LogP contribution in [0.3, 0.4) is 0 Å². The molecule has 2 heterocycles. The summed E-state index contributed by atoms with van der Waals surface area (Å²) in [6, 6.07) is 15.1. The molecule has 0 fully saturated rings. The van der Waals surface area contributed by atoms with Crippen molar-refractivity contribution in [3.8, 4) is 11.1 Å². The van der Waals surface area contributed by atoms with Gasteiger partial charge in [-0.3, -0.25) is 14.8 Å². The zero-order chi connectivity index (χ0) is 14.5. The van der Waals surface area contributed by atoms with Crippen LogP contribution in [0.5, 0.6) is 0 Å². The molecule has 0 radical (unpaired) electrons. The van der Waals surface area contributed by atoms with Gasteiger partial charge < -0.3 is 5.32 Å². The van der Waals surface area contributed by atoms with Gasteiger partial charge in [-0.2, -0.15) is 0 Å². The van der Waals surface area contributed by atoms with E-state index in [9.17, 15) is 4.79 Å². The summed E-state index contributed by atoms with van der Waals surface area (Å²) in [5.41, 5.74) is 3.22. The molecule has 0 unspecified atom stereocenters. The van der Waals surface area contributed by atoms with Gasteiger partial charge in [-0.25, -0.2) is 0 Å². The third kappa shape index (κ3) is 2.95. The van der Waals surface area contributed by atoms with E-state index in [4.69, 9.17) is 0 Å². The van der Waals surface area contributed by atoms with Crippen molar-refractivity contribution in [1.82, 2.24) is 9.97 Å². The Morgan fingerprint density at radius 1 is 0.857 bits per heavy atom. The fourth-order valence-electron chi connectivity index (χ4n) is 2.06. The van der Waals surface area contributed by atoms with Crippen molar-refractivity contribution in [3.63, 3.8) is 0 Å². The Hall–Kier alpha value is -3.01. The number of amides is 1. The van der Waals surface area contributed by atoms with Gasteiger partial charge in [0.1, 0.15) is 0 Å². The van der Waals surface area contributed by atoms with Crippen LogP contribution in [0.2, 0.25) is 0 Å². The molecule has 0 aliphatic rings. The lowest BCUT2D eigenvalue weighted by atomic mass is 10.1. The number of pyridine rings is 2. The van der Waals surface area contributed by atoms with E-state index in [1.54, 1.807) is 36.9 Å². The summed E-state index contributed by atoms with van der Waals surface area (Å²) < 4.78 is 0. The molecule has 4 nitrogen and oxygen atoms in total. The van der Waals surface area contributed by atoms with Gasteiger partial charge in [0.15, 0.2) is 0 Å². The van der Waals surface area contributed by atoms with Crippen LogP contribution in [0.25, 0.3) is 11.1 Å². The second-order valence-corrected chi connectivity index (χ2v) is 4.48. The molecule has 3 aromatic rings. The van der Waals surface area contributed by atoms with Gasteiger partial charge in [-0.15, -0.1) is 0 Å². The molecule has 0 spiro atoms. The zero-order valence-corrected chi connectivity index (χ0v) is 11.2. The van der Waals surface area contributed by atoms with Crippen LogP contribution in [0.4, 0.5) is 5.69 Å². The summed E-state index contributed by atoms with van der Waals surface area (Å²) in [5.74, 6) is -0.178. The van der Waals surface area contributed by atoms with Crippen molar-refractivity contribution in [2.24, 2.45) is 0 Å². The molecule has 0 saturated carbocycles. The Morgan fingerprint density at radius 3 is 2.33 bits per heavy atom. The average Bonchev–Trinajstić information content (AvgIpc) is 2.57. The molecule has 0 aliphatic carbocycles. The predicted octanol–water partition coefficient (Wildman–Crippen LogP) is 3.40. The first-order valence-electron chi connectivity index (χ1n) is 6.55. The van der Waals surface area contributed by atoms with E-state index < -0.39 is 0 Å². The van der Waals surface area contributed by atoms with Gasteiger partial charge in [0, 0.05) is 29.7 Å². The fraction of sp³-hybridized carbons (Fsp3) is 0. The van der Waals surface area contributed by atoms with E-state index in [1.165, 1.54) is 0 Å². The number of carbonyl (C=O) groups excluding carboxylic acids is 1. The summed E-state index contributed by atoms with van der Waals surface area (Å²) in [7, 11) is 0. The third-order valence-electron chi connectivity index (χ3n) is 3.10. The number of benzene rings is 1. The van der Waals surface area contributed by atoms with Gasteiger partial charge in [0.2, 0.25) is 0 Å². The molecule has 0 bridgehead atoms. The van der Waals surface area contributed by atoms with Crippen molar-refractivity contribution in [3.05, 3.63) is 78.9 Å². The topological polar surface area (TPSA) is 54.9 Å². The number of nitrogens with zero attached hydrogens (tertiary/aromatic N) is 2. The highest BCUT2D eigenvalue weighted by molar-refractivity contribution is 6.06. The minimum absolute atomic E-state index is 0.178. The predicted molar refractivity (Wildman–Crippen MR) is 81.9 cm³/mol. The number of anilines is 1. The maximum Gasteiger partial charge on any atom is 0.255 e. The van der Waals surface area contributed by atoms with Crippen LogP contribution in [0.1, 0.15) is 10.4 Å². The van der Waals surface area contributed by atoms with Crippen molar-refractivity contribution >= 4 is 11.6 Å². The van der Waals surface area contributed by atoms with E-state index >= 15 is 0 Å². The molecule has 0 atom stereocenters. The molecule has 1 amide bonds. The Morgan fingerprint density at radius 2 is 1.57 bits per heavy atom. The zero-order valence-electron chi connectivity index (χ0n) is 11.2. The van der Waals surface area contributed by atoms with Crippen molar-refractivity contribution in [1.29, 1.82) is 0 Å². The summed E-state index contributed by atoms with van der Waals surface area (Å²) in [5, 5.41) is 2.90. The van der Waals surface area contributed by atoms with Crippen LogP contribution in [-0.2, 0) is 0 Å². The minimum atomic E-state index is -0.178. The highest BCUT2D eigenvalue weighted by Gasteiger charge is 2.10. The maximum absolute atomic E-state index is 12.2. The van der Waals surface area contributed by atoms with E-state index in [0.717, 1.165) is 11.1 Å². The van der Waals surface area contributed by atoms with Gasteiger partial charge in [0.25, 0.3) is 5.91 Å². The van der Waals surface area contributed by atoms with Gasteiger partial charge in [-0.05, 0) is 23.8 Å². The van der Waals surface area contributed by atoms with Crippen molar-refractivity contribution < 1.29 is 4.79 Å². The summed E-state index contributed by atoms with van der Waals surface area (Å²) in [4.78, 5) is 20.2. The molecule has 21 heavy (non-hydrogen) atoms. The van der Waals surface area contributed by atoms with Gasteiger partial charge in [0.05, 0.1) is 11.9 Å². The second-order valence-electron chi connectivity index (χ2n) is 4.48. The van der Waals surface area contributed by atoms with Gasteiger partial charge >= 0.3 is 0 Å². The monoisotopic (exact) mass is 275 g/mol. The lowest BCUT2D eigenvalue weighted by Gasteiger charge is -2.10. The Bertz CT molecular complexity index is 742. The summed E-state index contributed by atoms with van der Waals surface area (Å²) in [6.07, 6.45) is 6.55. The van der Waals surface area contributed by atoms with E-state index in [-0.39, 0.29) is 5.91 Å². The third-order valence-corrected chi connectivity index (χ3v) is 3.10. The molecule has 3 rings (SSSR count). The van der Waals surface area contributed by atoms with Crippen LogP contribution < -0.4 is 5.32 Å². The molecule has 1 aromatic carbocycles. The smallest absolute Gasteiger partial charge is 0.255 e. The first kappa shape index (κ1) is 13.0. The normalized spacial score (nSPS) is 10.1. The summed E-state index contributed by atoms with van der Waals surface area (Å²) >= 11 is 0. The van der Waals surface area contributed by atoms with Crippen molar-refractivity contribution in [2.75, 3.05) is 5.32 Å². The number of nitrogens with one attached hydrogen (secondary N) is 1. The number of rotatable bonds is 3. The number of hydrogen-bond acceptors (Lipinski definition) is 3. The van der Waals surface area contributed by atoms with E-state index in [2.05, 4.69) is 15.3 Å². The first-order chi connectivity index (χ1) is 10.3. The number of aromatic nitrogens is 2. The molecular formula is C17H13N3O. The standard InChI is InChI=1S/C17H13N3O/c21-17(14-6-9-18-10-7-14)20-16-12-19-11-8-15(16)13-4-2-1-3-5-13/h1-12H,(H,20,21). The van der Waals surface area contributed by atoms with Crippen LogP contribution in [0.15, 0.2) is 73.3 Å². The SMILES string of the molecule is O=C(Nc1cnccc1-c1ccccc1)c1ccncc1. The molecule has 0 aliphatic heterocycles. The highest BCUT2D eigenvalue weighted by atomic mass is 16.1. The lowest BCUT2D eigenvalue weighted by Crippen LogP contribution is -2.12. The molecule has 4 heteroatoms. The maximum atomic E-state index is 12.2. The van der Waals surface area contributed by atoms with E-state index in [0.29, 0.717) is 11.3 Å². The van der Waals surface area contributed by atoms with Gasteiger partial charge in [-0.1, -0.05) is 30.3 Å². The van der Waals surface area contributed by atoms with Crippen LogP contribution in [0, 0.1) is 0 Å². The second kappa shape index (κ2) is 5.96. The quantitative estimate of drug-likeness (QED) is 0.797.